The fourth-order valence-corrected chi connectivity index (χ4v) is 4.54. The monoisotopic (exact) mass is 426 g/mol. The summed E-state index contributed by atoms with van der Waals surface area (Å²) in [6.07, 6.45) is 6.24. The van der Waals surface area contributed by atoms with Crippen LogP contribution in [-0.4, -0.2) is 32.5 Å². The first-order chi connectivity index (χ1) is 15.3. The Hall–Kier alpha value is -3.55. The summed E-state index contributed by atoms with van der Waals surface area (Å²) in [5, 5.41) is 5.61. The summed E-state index contributed by atoms with van der Waals surface area (Å²) in [6.45, 7) is 0.618. The zero-order valence-electron chi connectivity index (χ0n) is 16.8. The van der Waals surface area contributed by atoms with E-state index in [-0.39, 0.29) is 6.04 Å². The van der Waals surface area contributed by atoms with E-state index in [1.54, 1.807) is 23.7 Å². The Morgan fingerprint density at radius 2 is 1.84 bits per heavy atom. The highest BCUT2D eigenvalue weighted by molar-refractivity contribution is 7.18. The number of anilines is 1. The molecule has 0 unspecified atom stereocenters. The number of thiophene rings is 1. The Bertz CT molecular complexity index is 1270. The van der Waals surface area contributed by atoms with Crippen molar-refractivity contribution in [3.8, 4) is 22.6 Å². The van der Waals surface area contributed by atoms with Crippen molar-refractivity contribution >= 4 is 27.4 Å². The number of nitrogens with one attached hydrogen (secondary N) is 2. The SMILES string of the molecule is N[C@H](CNc1nc(-c2ccncc2)nc2c(-c3ccc[nH]3)csc12)Cc1ccccc1. The predicted molar refractivity (Wildman–Crippen MR) is 127 cm³/mol. The Balaban J connectivity index is 1.49. The van der Waals surface area contributed by atoms with Gasteiger partial charge in [-0.15, -0.1) is 11.3 Å². The molecule has 0 radical (unpaired) electrons. The molecular formula is C24H22N6S. The maximum Gasteiger partial charge on any atom is 0.162 e. The van der Waals surface area contributed by atoms with E-state index in [9.17, 15) is 0 Å². The second kappa shape index (κ2) is 8.67. The second-order valence-electron chi connectivity index (χ2n) is 7.37. The van der Waals surface area contributed by atoms with Gasteiger partial charge in [0.05, 0.1) is 10.2 Å². The van der Waals surface area contributed by atoms with E-state index >= 15 is 0 Å². The smallest absolute Gasteiger partial charge is 0.162 e. The summed E-state index contributed by atoms with van der Waals surface area (Å²) in [4.78, 5) is 17.1. The van der Waals surface area contributed by atoms with Gasteiger partial charge in [-0.2, -0.15) is 0 Å². The molecule has 4 aromatic heterocycles. The molecule has 0 aliphatic carbocycles. The molecule has 1 atom stereocenters. The fraction of sp³-hybridized carbons (Fsp3) is 0.125. The first kappa shape index (κ1) is 19.4. The number of hydrogen-bond acceptors (Lipinski definition) is 6. The molecule has 154 valence electrons. The summed E-state index contributed by atoms with van der Waals surface area (Å²) in [7, 11) is 0. The van der Waals surface area contributed by atoms with Crippen molar-refractivity contribution in [3.05, 3.63) is 84.1 Å². The number of pyridine rings is 1. The van der Waals surface area contributed by atoms with Gasteiger partial charge < -0.3 is 16.0 Å². The van der Waals surface area contributed by atoms with Gasteiger partial charge in [-0.25, -0.2) is 9.97 Å². The van der Waals surface area contributed by atoms with Crippen LogP contribution >= 0.6 is 11.3 Å². The highest BCUT2D eigenvalue weighted by Gasteiger charge is 2.17. The van der Waals surface area contributed by atoms with E-state index < -0.39 is 0 Å². The Morgan fingerprint density at radius 1 is 1.00 bits per heavy atom. The molecule has 5 rings (SSSR count). The minimum Gasteiger partial charge on any atom is -0.367 e. The summed E-state index contributed by atoms with van der Waals surface area (Å²) in [6, 6.07) is 18.2. The number of aromatic amines is 1. The summed E-state index contributed by atoms with van der Waals surface area (Å²) >= 11 is 1.64. The van der Waals surface area contributed by atoms with Crippen LogP contribution < -0.4 is 11.1 Å². The molecule has 0 saturated carbocycles. The lowest BCUT2D eigenvalue weighted by Crippen LogP contribution is -2.31. The van der Waals surface area contributed by atoms with Crippen molar-refractivity contribution in [2.24, 2.45) is 5.73 Å². The van der Waals surface area contributed by atoms with Crippen molar-refractivity contribution in [2.75, 3.05) is 11.9 Å². The quantitative estimate of drug-likeness (QED) is 0.350. The molecule has 1 aromatic carbocycles. The van der Waals surface area contributed by atoms with E-state index in [0.717, 1.165) is 39.3 Å². The molecule has 0 amide bonds. The zero-order chi connectivity index (χ0) is 21.0. The summed E-state index contributed by atoms with van der Waals surface area (Å²) in [5.41, 5.74) is 11.6. The molecule has 0 aliphatic rings. The summed E-state index contributed by atoms with van der Waals surface area (Å²) < 4.78 is 1.02. The minimum atomic E-state index is -0.0281. The third-order valence-corrected chi connectivity index (χ3v) is 6.09. The number of nitrogens with zero attached hydrogens (tertiary/aromatic N) is 3. The van der Waals surface area contributed by atoms with Gasteiger partial charge in [-0.3, -0.25) is 4.98 Å². The largest absolute Gasteiger partial charge is 0.367 e. The van der Waals surface area contributed by atoms with Crippen molar-refractivity contribution < 1.29 is 0 Å². The molecule has 7 heteroatoms. The van der Waals surface area contributed by atoms with Gasteiger partial charge >= 0.3 is 0 Å². The highest BCUT2D eigenvalue weighted by Crippen LogP contribution is 2.36. The lowest BCUT2D eigenvalue weighted by atomic mass is 10.1. The maximum atomic E-state index is 6.41. The Labute approximate surface area is 184 Å². The maximum absolute atomic E-state index is 6.41. The molecule has 4 N–H and O–H groups in total. The normalized spacial score (nSPS) is 12.2. The molecular weight excluding hydrogens is 404 g/mol. The molecule has 0 spiro atoms. The van der Waals surface area contributed by atoms with Gasteiger partial charge in [-0.05, 0) is 36.2 Å². The number of rotatable bonds is 7. The molecule has 5 aromatic rings. The van der Waals surface area contributed by atoms with Crippen LogP contribution in [0.5, 0.6) is 0 Å². The van der Waals surface area contributed by atoms with E-state index in [1.807, 2.05) is 42.6 Å². The van der Waals surface area contributed by atoms with Crippen LogP contribution in [-0.2, 0) is 6.42 Å². The van der Waals surface area contributed by atoms with Crippen LogP contribution in [0.15, 0.2) is 78.6 Å². The van der Waals surface area contributed by atoms with Crippen LogP contribution in [0.25, 0.3) is 32.9 Å². The zero-order valence-corrected chi connectivity index (χ0v) is 17.6. The van der Waals surface area contributed by atoms with E-state index in [2.05, 4.69) is 38.9 Å². The van der Waals surface area contributed by atoms with Gasteiger partial charge in [0.15, 0.2) is 5.82 Å². The standard InChI is InChI=1S/C24H22N6S/c25-18(13-16-5-2-1-3-6-16)14-28-24-22-21(19(15-31-22)20-7-4-10-27-20)29-23(30-24)17-8-11-26-12-9-17/h1-12,15,18,27H,13-14,25H2,(H,28,29,30)/t18-/m0/s1. The van der Waals surface area contributed by atoms with Gasteiger partial charge in [0.2, 0.25) is 0 Å². The number of benzene rings is 1. The number of nitrogens with two attached hydrogens (primary N) is 1. The van der Waals surface area contributed by atoms with Crippen molar-refractivity contribution in [2.45, 2.75) is 12.5 Å². The number of fused-ring (bicyclic) bond motifs is 1. The minimum absolute atomic E-state index is 0.0281. The number of aromatic nitrogens is 4. The van der Waals surface area contributed by atoms with Gasteiger partial charge in [0.1, 0.15) is 5.82 Å². The van der Waals surface area contributed by atoms with Crippen LogP contribution in [0.2, 0.25) is 0 Å². The van der Waals surface area contributed by atoms with Crippen molar-refractivity contribution in [1.82, 2.24) is 19.9 Å². The molecule has 6 nitrogen and oxygen atoms in total. The van der Waals surface area contributed by atoms with Gasteiger partial charge in [-0.1, -0.05) is 30.3 Å². The molecule has 0 saturated heterocycles. The van der Waals surface area contributed by atoms with Crippen molar-refractivity contribution in [3.63, 3.8) is 0 Å². The number of hydrogen-bond donors (Lipinski definition) is 3. The van der Waals surface area contributed by atoms with Crippen LogP contribution in [0.3, 0.4) is 0 Å². The van der Waals surface area contributed by atoms with Gasteiger partial charge in [0.25, 0.3) is 0 Å². The topological polar surface area (TPSA) is 92.5 Å². The molecule has 31 heavy (non-hydrogen) atoms. The lowest BCUT2D eigenvalue weighted by molar-refractivity contribution is 0.698. The van der Waals surface area contributed by atoms with Crippen LogP contribution in [0, 0.1) is 0 Å². The fourth-order valence-electron chi connectivity index (χ4n) is 3.57. The van der Waals surface area contributed by atoms with Crippen molar-refractivity contribution in [1.29, 1.82) is 0 Å². The Morgan fingerprint density at radius 3 is 2.61 bits per heavy atom. The molecule has 0 bridgehead atoms. The first-order valence-corrected chi connectivity index (χ1v) is 11.0. The third-order valence-electron chi connectivity index (χ3n) is 5.11. The van der Waals surface area contributed by atoms with Crippen LogP contribution in [0.1, 0.15) is 5.56 Å². The molecule has 0 aliphatic heterocycles. The van der Waals surface area contributed by atoms with Crippen LogP contribution in [0.4, 0.5) is 5.82 Å². The first-order valence-electron chi connectivity index (χ1n) is 10.1. The average Bonchev–Trinajstić information content (AvgIpc) is 3.48. The third kappa shape index (κ3) is 4.19. The van der Waals surface area contributed by atoms with E-state index in [0.29, 0.717) is 12.4 Å². The molecule has 0 fully saturated rings. The second-order valence-corrected chi connectivity index (χ2v) is 8.25. The highest BCUT2D eigenvalue weighted by atomic mass is 32.1. The van der Waals surface area contributed by atoms with E-state index in [1.165, 1.54) is 5.56 Å². The lowest BCUT2D eigenvalue weighted by Gasteiger charge is -2.14. The summed E-state index contributed by atoms with van der Waals surface area (Å²) in [5.74, 6) is 1.48. The Kier molecular flexibility index (Phi) is 5.43. The predicted octanol–water partition coefficient (Wildman–Crippen LogP) is 4.73. The van der Waals surface area contributed by atoms with E-state index in [4.69, 9.17) is 15.7 Å². The average molecular weight is 427 g/mol. The molecule has 4 heterocycles. The number of H-pyrrole nitrogens is 1. The van der Waals surface area contributed by atoms with Gasteiger partial charge in [0, 0.05) is 53.4 Å².